The van der Waals surface area contributed by atoms with Gasteiger partial charge in [-0.15, -0.1) is 11.3 Å². The number of aromatic nitrogens is 2. The average Bonchev–Trinajstić information content (AvgIpc) is 3.13. The fraction of sp³-hybridized carbons (Fsp3) is 0.174. The number of ketones is 1. The van der Waals surface area contributed by atoms with Crippen molar-refractivity contribution in [3.8, 4) is 0 Å². The first-order valence-corrected chi connectivity index (χ1v) is 10.2. The van der Waals surface area contributed by atoms with Gasteiger partial charge >= 0.3 is 0 Å². The topological polar surface area (TPSA) is 54.9 Å². The molecule has 0 aliphatic carbocycles. The monoisotopic (exact) mass is 387 g/mol. The van der Waals surface area contributed by atoms with Gasteiger partial charge in [0.05, 0.1) is 5.39 Å². The van der Waals surface area contributed by atoms with Crippen LogP contribution in [0.5, 0.6) is 0 Å². The van der Waals surface area contributed by atoms with Gasteiger partial charge in [-0.2, -0.15) is 0 Å². The molecule has 4 aromatic rings. The van der Waals surface area contributed by atoms with E-state index in [-0.39, 0.29) is 5.78 Å². The maximum absolute atomic E-state index is 11.5. The largest absolute Gasteiger partial charge is 0.340 e. The van der Waals surface area contributed by atoms with Gasteiger partial charge in [-0.1, -0.05) is 37.3 Å². The number of benzene rings is 2. The van der Waals surface area contributed by atoms with Gasteiger partial charge in [0, 0.05) is 22.5 Å². The molecular formula is C23H21N3OS. The van der Waals surface area contributed by atoms with Crippen molar-refractivity contribution in [2.24, 2.45) is 0 Å². The van der Waals surface area contributed by atoms with Crippen molar-refractivity contribution in [2.75, 3.05) is 5.32 Å². The third-order valence-electron chi connectivity index (χ3n) is 4.60. The minimum Gasteiger partial charge on any atom is -0.340 e. The maximum atomic E-state index is 11.5. The van der Waals surface area contributed by atoms with Crippen LogP contribution in [0.3, 0.4) is 0 Å². The van der Waals surface area contributed by atoms with Crippen molar-refractivity contribution < 1.29 is 4.79 Å². The standard InChI is InChI=1S/C23H21N3OS/c1-3-19-14-20-22(24-18-11-9-17(10-12-18)15(2)27)25-21(26-23(20)28-19)13-16-7-5-4-6-8-16/h4-12,14H,3,13H2,1-2H3,(H,24,25,26). The predicted molar refractivity (Wildman–Crippen MR) is 116 cm³/mol. The summed E-state index contributed by atoms with van der Waals surface area (Å²) in [6, 6.07) is 19.9. The van der Waals surface area contributed by atoms with E-state index in [0.717, 1.165) is 34.0 Å². The summed E-state index contributed by atoms with van der Waals surface area (Å²) in [5, 5.41) is 4.46. The zero-order chi connectivity index (χ0) is 19.5. The number of hydrogen-bond donors (Lipinski definition) is 1. The lowest BCUT2D eigenvalue weighted by molar-refractivity contribution is 0.101. The number of aryl methyl sites for hydroxylation is 1. The van der Waals surface area contributed by atoms with Crippen LogP contribution in [0.2, 0.25) is 0 Å². The molecule has 0 saturated heterocycles. The number of Topliss-reactive ketones (excluding diaryl/α,β-unsaturated/α-hetero) is 1. The van der Waals surface area contributed by atoms with Crippen molar-refractivity contribution >= 4 is 38.8 Å². The highest BCUT2D eigenvalue weighted by Gasteiger charge is 2.12. The second-order valence-corrected chi connectivity index (χ2v) is 7.81. The van der Waals surface area contributed by atoms with Crippen LogP contribution in [0.25, 0.3) is 10.2 Å². The lowest BCUT2D eigenvalue weighted by Gasteiger charge is -2.09. The molecule has 0 aliphatic rings. The Kier molecular flexibility index (Phi) is 5.17. The van der Waals surface area contributed by atoms with Gasteiger partial charge in [0.1, 0.15) is 16.5 Å². The van der Waals surface area contributed by atoms with E-state index < -0.39 is 0 Å². The number of rotatable bonds is 6. The molecule has 2 heterocycles. The summed E-state index contributed by atoms with van der Waals surface area (Å²) in [5.74, 6) is 1.67. The van der Waals surface area contributed by atoms with Gasteiger partial charge in [-0.05, 0) is 49.2 Å². The highest BCUT2D eigenvalue weighted by atomic mass is 32.1. The molecule has 2 aromatic carbocycles. The molecule has 0 saturated carbocycles. The lowest BCUT2D eigenvalue weighted by Crippen LogP contribution is -2.02. The van der Waals surface area contributed by atoms with Crippen molar-refractivity contribution in [1.29, 1.82) is 0 Å². The molecule has 0 amide bonds. The molecule has 140 valence electrons. The van der Waals surface area contributed by atoms with Crippen molar-refractivity contribution in [3.63, 3.8) is 0 Å². The van der Waals surface area contributed by atoms with E-state index in [1.165, 1.54) is 10.4 Å². The summed E-state index contributed by atoms with van der Waals surface area (Å²) in [4.78, 5) is 23.4. The van der Waals surface area contributed by atoms with Gasteiger partial charge in [0.15, 0.2) is 5.78 Å². The number of anilines is 2. The Morgan fingerprint density at radius 2 is 1.79 bits per heavy atom. The molecule has 0 aliphatic heterocycles. The van der Waals surface area contributed by atoms with Gasteiger partial charge in [0.25, 0.3) is 0 Å². The molecule has 0 unspecified atom stereocenters. The fourth-order valence-electron chi connectivity index (χ4n) is 3.07. The lowest BCUT2D eigenvalue weighted by atomic mass is 10.1. The predicted octanol–water partition coefficient (Wildman–Crippen LogP) is 5.79. The molecule has 2 aromatic heterocycles. The Morgan fingerprint density at radius 1 is 1.04 bits per heavy atom. The molecule has 4 nitrogen and oxygen atoms in total. The van der Waals surface area contributed by atoms with Crippen molar-refractivity contribution in [1.82, 2.24) is 9.97 Å². The Bertz CT molecular complexity index is 1120. The summed E-state index contributed by atoms with van der Waals surface area (Å²) >= 11 is 1.72. The van der Waals surface area contributed by atoms with E-state index in [9.17, 15) is 4.79 Å². The quantitative estimate of drug-likeness (QED) is 0.425. The molecule has 5 heteroatoms. The highest BCUT2D eigenvalue weighted by Crippen LogP contribution is 2.31. The van der Waals surface area contributed by atoms with Crippen LogP contribution in [0.1, 0.15) is 40.5 Å². The second-order valence-electron chi connectivity index (χ2n) is 6.69. The third kappa shape index (κ3) is 3.94. The van der Waals surface area contributed by atoms with Gasteiger partial charge < -0.3 is 5.32 Å². The van der Waals surface area contributed by atoms with Gasteiger partial charge in [-0.25, -0.2) is 9.97 Å². The van der Waals surface area contributed by atoms with Crippen molar-refractivity contribution in [3.05, 3.63) is 82.5 Å². The summed E-state index contributed by atoms with van der Waals surface area (Å²) in [6.45, 7) is 3.72. The van der Waals surface area contributed by atoms with Crippen LogP contribution in [0, 0.1) is 0 Å². The summed E-state index contributed by atoms with van der Waals surface area (Å²) in [5.41, 5.74) is 2.79. The van der Waals surface area contributed by atoms with Crippen LogP contribution in [-0.4, -0.2) is 15.8 Å². The number of nitrogens with one attached hydrogen (secondary N) is 1. The first kappa shape index (κ1) is 18.3. The first-order valence-electron chi connectivity index (χ1n) is 9.33. The first-order chi connectivity index (χ1) is 13.6. The van der Waals surface area contributed by atoms with E-state index >= 15 is 0 Å². The van der Waals surface area contributed by atoms with E-state index in [2.05, 4.69) is 30.4 Å². The zero-order valence-corrected chi connectivity index (χ0v) is 16.7. The van der Waals surface area contributed by atoms with Crippen LogP contribution < -0.4 is 5.32 Å². The minimum absolute atomic E-state index is 0.0616. The molecule has 0 radical (unpaired) electrons. The Balaban J connectivity index is 1.72. The molecule has 4 rings (SSSR count). The molecule has 0 fully saturated rings. The van der Waals surface area contributed by atoms with Crippen LogP contribution in [-0.2, 0) is 12.8 Å². The molecule has 28 heavy (non-hydrogen) atoms. The van der Waals surface area contributed by atoms with Gasteiger partial charge in [-0.3, -0.25) is 4.79 Å². The SMILES string of the molecule is CCc1cc2c(Nc3ccc(C(C)=O)cc3)nc(Cc3ccccc3)nc2s1. The van der Waals surface area contributed by atoms with Crippen LogP contribution in [0.4, 0.5) is 11.5 Å². The fourth-order valence-corrected chi connectivity index (χ4v) is 4.05. The molecule has 0 bridgehead atoms. The van der Waals surface area contributed by atoms with Crippen molar-refractivity contribution in [2.45, 2.75) is 26.7 Å². The second kappa shape index (κ2) is 7.90. The maximum Gasteiger partial charge on any atom is 0.159 e. The number of fused-ring (bicyclic) bond motifs is 1. The zero-order valence-electron chi connectivity index (χ0n) is 15.9. The Morgan fingerprint density at radius 3 is 2.46 bits per heavy atom. The van der Waals surface area contributed by atoms with Crippen LogP contribution in [0.15, 0.2) is 60.7 Å². The number of nitrogens with zero attached hydrogens (tertiary/aromatic N) is 2. The highest BCUT2D eigenvalue weighted by molar-refractivity contribution is 7.18. The number of thiophene rings is 1. The molecule has 1 N–H and O–H groups in total. The summed E-state index contributed by atoms with van der Waals surface area (Å²) in [7, 11) is 0. The normalized spacial score (nSPS) is 10.9. The van der Waals surface area contributed by atoms with E-state index in [1.807, 2.05) is 42.5 Å². The Labute approximate surface area is 168 Å². The van der Waals surface area contributed by atoms with E-state index in [4.69, 9.17) is 9.97 Å². The minimum atomic E-state index is 0.0616. The molecule has 0 spiro atoms. The van der Waals surface area contributed by atoms with Crippen LogP contribution >= 0.6 is 11.3 Å². The van der Waals surface area contributed by atoms with E-state index in [1.54, 1.807) is 18.3 Å². The third-order valence-corrected chi connectivity index (χ3v) is 5.77. The van der Waals surface area contributed by atoms with Gasteiger partial charge in [0.2, 0.25) is 0 Å². The molecular weight excluding hydrogens is 366 g/mol. The number of hydrogen-bond acceptors (Lipinski definition) is 5. The summed E-state index contributed by atoms with van der Waals surface area (Å²) in [6.07, 6.45) is 1.66. The number of carbonyl (C=O) groups is 1. The summed E-state index contributed by atoms with van der Waals surface area (Å²) < 4.78 is 0. The van der Waals surface area contributed by atoms with E-state index in [0.29, 0.717) is 12.0 Å². The average molecular weight is 388 g/mol. The Hall–Kier alpha value is -3.05. The number of carbonyl (C=O) groups excluding carboxylic acids is 1. The molecule has 0 atom stereocenters. The smallest absolute Gasteiger partial charge is 0.159 e.